The quantitative estimate of drug-likeness (QED) is 0.0184. The zero-order valence-electron chi connectivity index (χ0n) is 40.0. The third kappa shape index (κ3) is 23.9. The Labute approximate surface area is 416 Å². The zero-order valence-corrected chi connectivity index (χ0v) is 40.0. The molecule has 1 aromatic carbocycles. The van der Waals surface area contributed by atoms with Gasteiger partial charge in [0.1, 0.15) is 25.4 Å². The van der Waals surface area contributed by atoms with Crippen molar-refractivity contribution in [3.63, 3.8) is 0 Å². The van der Waals surface area contributed by atoms with Crippen molar-refractivity contribution in [2.75, 3.05) is 137 Å². The number of amides is 3. The summed E-state index contributed by atoms with van der Waals surface area (Å²) in [4.78, 5) is 76.9. The number of carboxylic acid groups (broad SMARTS) is 1. The zero-order chi connectivity index (χ0) is 52.3. The van der Waals surface area contributed by atoms with E-state index in [9.17, 15) is 29.1 Å². The number of hydrogen-bond acceptors (Lipinski definition) is 20. The van der Waals surface area contributed by atoms with Crippen LogP contribution in [0.4, 0.5) is 11.6 Å². The number of terminal acetylenes is 3. The minimum Gasteiger partial charge on any atom is -0.478 e. The number of aromatic amines is 1. The largest absolute Gasteiger partial charge is 0.478 e. The third-order valence-corrected chi connectivity index (χ3v) is 9.57. The van der Waals surface area contributed by atoms with Crippen molar-refractivity contribution in [1.29, 1.82) is 0 Å². The second-order valence-electron chi connectivity index (χ2n) is 15.3. The van der Waals surface area contributed by atoms with Crippen molar-refractivity contribution in [2.24, 2.45) is 5.73 Å². The molecule has 10 N–H and O–H groups in total. The summed E-state index contributed by atoms with van der Waals surface area (Å²) in [6, 6.07) is 6.09. The molecule has 0 radical (unpaired) electrons. The van der Waals surface area contributed by atoms with Crippen molar-refractivity contribution in [1.82, 2.24) is 35.9 Å². The number of nitrogens with one attached hydrogen (secondary N) is 5. The molecule has 2 aromatic heterocycles. The number of carboxylic acids is 1. The smallest absolute Gasteiger partial charge is 0.344 e. The first-order valence-electron chi connectivity index (χ1n) is 22.6. The van der Waals surface area contributed by atoms with E-state index in [0.29, 0.717) is 64.2 Å². The van der Waals surface area contributed by atoms with Crippen LogP contribution < -0.4 is 38.3 Å². The Morgan fingerprint density at radius 2 is 1.19 bits per heavy atom. The van der Waals surface area contributed by atoms with E-state index in [1.54, 1.807) is 12.1 Å². The maximum absolute atomic E-state index is 12.9. The van der Waals surface area contributed by atoms with E-state index >= 15 is 0 Å². The van der Waals surface area contributed by atoms with E-state index in [1.165, 1.54) is 18.3 Å². The number of rotatable bonds is 40. The number of fused-ring (bicyclic) bond motifs is 1. The first-order valence-corrected chi connectivity index (χ1v) is 22.6. The molecule has 0 aliphatic heterocycles. The first kappa shape index (κ1) is 59.5. The number of anilines is 2. The molecule has 0 unspecified atom stereocenters. The summed E-state index contributed by atoms with van der Waals surface area (Å²) < 4.78 is 49.4. The standard InChI is InChI=1S/C47H64N10O15/c1-4-15-70-32-46(33-71-16-5-2,34-72-17-6-3)56-39(59)12-18-64-20-22-66-24-26-68-28-29-69-27-25-67-23-21-65-19-14-50-38(58)11-13-47(49,44(62)63)57-42(60)35-7-9-36(10-8-35)51-30-37-31-52-41-40(53-37)43(61)55-45(48)54-41/h1-3,7-10,31,51H,11-30,32-34,49H2,(H,50,58)(H,56,59)(H,57,60)(H,62,63)(H3,48,52,54,55,61)/t47-/m1/s1. The summed E-state index contributed by atoms with van der Waals surface area (Å²) in [6.45, 7) is 4.06. The molecule has 0 spiro atoms. The van der Waals surface area contributed by atoms with Crippen LogP contribution in [0.3, 0.4) is 0 Å². The van der Waals surface area contributed by atoms with Crippen molar-refractivity contribution in [3.05, 3.63) is 52.1 Å². The Morgan fingerprint density at radius 3 is 1.71 bits per heavy atom. The van der Waals surface area contributed by atoms with Gasteiger partial charge in [-0.05, 0) is 24.3 Å². The van der Waals surface area contributed by atoms with Crippen LogP contribution in [0.1, 0.15) is 35.3 Å². The minimum atomic E-state index is -2.22. The molecule has 0 aliphatic carbocycles. The highest BCUT2D eigenvalue weighted by Crippen LogP contribution is 2.15. The molecule has 0 saturated heterocycles. The average Bonchev–Trinajstić information content (AvgIpc) is 3.36. The maximum Gasteiger partial charge on any atom is 0.344 e. The number of ether oxygens (including phenoxy) is 9. The van der Waals surface area contributed by atoms with E-state index in [0.717, 1.165) is 0 Å². The summed E-state index contributed by atoms with van der Waals surface area (Å²) >= 11 is 0. The number of nitrogens with two attached hydrogens (primary N) is 2. The normalized spacial score (nSPS) is 12.0. The van der Waals surface area contributed by atoms with E-state index in [4.69, 9.17) is 73.4 Å². The molecule has 0 fully saturated rings. The van der Waals surface area contributed by atoms with E-state index in [2.05, 4.69) is 59.0 Å². The second kappa shape index (κ2) is 34.5. The number of aromatic nitrogens is 4. The van der Waals surface area contributed by atoms with Gasteiger partial charge in [-0.3, -0.25) is 29.9 Å². The molecule has 0 aliphatic rings. The van der Waals surface area contributed by atoms with Gasteiger partial charge in [-0.2, -0.15) is 4.98 Å². The van der Waals surface area contributed by atoms with Crippen molar-refractivity contribution < 1.29 is 66.9 Å². The number of H-pyrrole nitrogens is 1. The van der Waals surface area contributed by atoms with Gasteiger partial charge in [0.15, 0.2) is 16.8 Å². The Morgan fingerprint density at radius 1 is 0.681 bits per heavy atom. The van der Waals surface area contributed by atoms with E-state index in [-0.39, 0.29) is 127 Å². The molecule has 3 rings (SSSR count). The second-order valence-corrected chi connectivity index (χ2v) is 15.3. The molecule has 72 heavy (non-hydrogen) atoms. The van der Waals surface area contributed by atoms with Crippen molar-refractivity contribution >= 4 is 46.5 Å². The highest BCUT2D eigenvalue weighted by molar-refractivity contribution is 5.98. The topological polar surface area (TPSA) is 343 Å². The molecule has 3 amide bonds. The summed E-state index contributed by atoms with van der Waals surface area (Å²) in [5, 5.41) is 20.7. The Kier molecular flexibility index (Phi) is 28.5. The molecule has 0 saturated carbocycles. The highest BCUT2D eigenvalue weighted by Gasteiger charge is 2.37. The predicted octanol–water partition coefficient (Wildman–Crippen LogP) is -1.43. The van der Waals surface area contributed by atoms with Gasteiger partial charge in [-0.15, -0.1) is 19.3 Å². The predicted molar refractivity (Wildman–Crippen MR) is 260 cm³/mol. The SMILES string of the molecule is C#CCOCC(COCC#C)(COCC#C)NC(=O)CCOCCOCCOCCOCCOCCOCCNC(=O)CC[C@@](N)(NC(=O)c1ccc(NCc2cnc3nc(N)[nH]c(=O)c3n2)cc1)C(=O)O. The fourth-order valence-corrected chi connectivity index (χ4v) is 6.02. The maximum atomic E-state index is 12.9. The van der Waals surface area contributed by atoms with Gasteiger partial charge in [0.25, 0.3) is 11.5 Å². The third-order valence-electron chi connectivity index (χ3n) is 9.57. The van der Waals surface area contributed by atoms with Crippen LogP contribution >= 0.6 is 0 Å². The number of nitrogens with zero attached hydrogens (tertiary/aromatic N) is 3. The number of nitrogen functional groups attached to an aromatic ring is 1. The van der Waals surface area contributed by atoms with Gasteiger partial charge in [-0.1, -0.05) is 17.8 Å². The number of carbonyl (C=O) groups excluding carboxylic acids is 3. The summed E-state index contributed by atoms with van der Waals surface area (Å²) in [5.41, 5.74) is 9.05. The van der Waals surface area contributed by atoms with Crippen molar-refractivity contribution in [2.45, 2.75) is 37.0 Å². The van der Waals surface area contributed by atoms with Crippen LogP contribution in [0, 0.1) is 37.0 Å². The van der Waals surface area contributed by atoms with Crippen LogP contribution in [-0.2, 0) is 63.6 Å². The number of carbonyl (C=O) groups is 4. The number of hydrogen-bond donors (Lipinski definition) is 8. The van der Waals surface area contributed by atoms with Crippen LogP contribution in [-0.4, -0.2) is 185 Å². The van der Waals surface area contributed by atoms with Crippen LogP contribution in [0.5, 0.6) is 0 Å². The highest BCUT2D eigenvalue weighted by atomic mass is 16.6. The Hall–Kier alpha value is -6.80. The van der Waals surface area contributed by atoms with Crippen LogP contribution in [0.2, 0.25) is 0 Å². The summed E-state index contributed by atoms with van der Waals surface area (Å²) in [6.07, 6.45) is 16.7. The summed E-state index contributed by atoms with van der Waals surface area (Å²) in [7, 11) is 0. The van der Waals surface area contributed by atoms with Gasteiger partial charge in [0.05, 0.1) is 118 Å². The molecule has 25 nitrogen and oxygen atoms in total. The summed E-state index contributed by atoms with van der Waals surface area (Å²) in [5.74, 6) is 3.97. The van der Waals surface area contributed by atoms with Gasteiger partial charge < -0.3 is 74.7 Å². The lowest BCUT2D eigenvalue weighted by atomic mass is 10.0. The fraction of sp³-hybridized carbons (Fsp3) is 0.532. The van der Waals surface area contributed by atoms with Crippen molar-refractivity contribution in [3.8, 4) is 37.0 Å². The lowest BCUT2D eigenvalue weighted by Crippen LogP contribution is -2.61. The monoisotopic (exact) mass is 1010 g/mol. The fourth-order valence-electron chi connectivity index (χ4n) is 6.02. The lowest BCUT2D eigenvalue weighted by Gasteiger charge is -2.33. The number of benzene rings is 1. The molecule has 25 heteroatoms. The van der Waals surface area contributed by atoms with Gasteiger partial charge in [-0.25, -0.2) is 14.8 Å². The van der Waals surface area contributed by atoms with Gasteiger partial charge in [0, 0.05) is 37.1 Å². The first-order chi connectivity index (χ1) is 34.8. The van der Waals surface area contributed by atoms with Crippen LogP contribution in [0.25, 0.3) is 11.2 Å². The number of aliphatic carboxylic acids is 1. The Bertz CT molecular complexity index is 2270. The van der Waals surface area contributed by atoms with Gasteiger partial charge in [0.2, 0.25) is 17.8 Å². The molecule has 3 aromatic rings. The lowest BCUT2D eigenvalue weighted by molar-refractivity contribution is -0.144. The van der Waals surface area contributed by atoms with E-state index in [1.807, 2.05) is 0 Å². The molecular formula is C47H64N10O15. The van der Waals surface area contributed by atoms with Gasteiger partial charge >= 0.3 is 5.97 Å². The molecule has 392 valence electrons. The van der Waals surface area contributed by atoms with Crippen LogP contribution in [0.15, 0.2) is 35.3 Å². The Balaban J connectivity index is 1.14. The average molecular weight is 1010 g/mol. The molecule has 0 bridgehead atoms. The molecule has 1 atom stereocenters. The minimum absolute atomic E-state index is 0.0202. The molecular weight excluding hydrogens is 945 g/mol. The van der Waals surface area contributed by atoms with E-state index < -0.39 is 34.5 Å². The molecule has 2 heterocycles.